The van der Waals surface area contributed by atoms with Gasteiger partial charge in [-0.2, -0.15) is 8.78 Å². The monoisotopic (exact) mass is 278 g/mol. The third kappa shape index (κ3) is 6.76. The maximum Gasteiger partial charge on any atom is 0.508 e. The molecule has 0 aromatic rings. The van der Waals surface area contributed by atoms with Gasteiger partial charge in [0.1, 0.15) is 13.2 Å². The summed E-state index contributed by atoms with van der Waals surface area (Å²) in [4.78, 5) is 19.9. The lowest BCUT2D eigenvalue weighted by Gasteiger charge is -2.13. The van der Waals surface area contributed by atoms with Crippen molar-refractivity contribution in [3.63, 3.8) is 0 Å². The van der Waals surface area contributed by atoms with Gasteiger partial charge in [0, 0.05) is 0 Å². The quantitative estimate of drug-likeness (QED) is 0.579. The van der Waals surface area contributed by atoms with Crippen molar-refractivity contribution in [3.05, 3.63) is 0 Å². The maximum atomic E-state index is 12.0. The van der Waals surface area contributed by atoms with E-state index in [0.29, 0.717) is 13.2 Å². The van der Waals surface area contributed by atoms with Gasteiger partial charge in [-0.3, -0.25) is 0 Å². The number of ether oxygens (including phenoxy) is 4. The number of carbonyl (C=O) groups excluding carboxylic acids is 2. The molecule has 1 fully saturated rings. The zero-order valence-electron chi connectivity index (χ0n) is 9.16. The van der Waals surface area contributed by atoms with Crippen molar-refractivity contribution in [2.45, 2.75) is 12.3 Å². The summed E-state index contributed by atoms with van der Waals surface area (Å²) in [6.45, 7) is -0.852. The lowest BCUT2D eigenvalue weighted by Crippen LogP contribution is -2.33. The van der Waals surface area contributed by atoms with Crippen LogP contribution in [0.2, 0.25) is 0 Å². The lowest BCUT2D eigenvalue weighted by molar-refractivity contribution is -0.157. The largest absolute Gasteiger partial charge is 0.508 e. The van der Waals surface area contributed by atoms with Gasteiger partial charge in [0.15, 0.2) is 6.61 Å². The summed E-state index contributed by atoms with van der Waals surface area (Å²) >= 11 is 0. The van der Waals surface area contributed by atoms with E-state index in [9.17, 15) is 27.2 Å². The van der Waals surface area contributed by atoms with E-state index in [1.54, 1.807) is 0 Å². The molecule has 1 rings (SSSR count). The molecule has 1 saturated heterocycles. The highest BCUT2D eigenvalue weighted by molar-refractivity contribution is 5.61. The van der Waals surface area contributed by atoms with Crippen molar-refractivity contribution in [3.8, 4) is 0 Å². The molecule has 10 heteroatoms. The highest BCUT2D eigenvalue weighted by atomic mass is 19.3. The van der Waals surface area contributed by atoms with Crippen molar-refractivity contribution >= 4 is 12.3 Å². The minimum absolute atomic E-state index is 0.416. The summed E-state index contributed by atoms with van der Waals surface area (Å²) in [5.74, 6) is -4.33. The van der Waals surface area contributed by atoms with Gasteiger partial charge in [-0.1, -0.05) is 0 Å². The predicted octanol–water partition coefficient (Wildman–Crippen LogP) is 1.82. The first-order valence-corrected chi connectivity index (χ1v) is 4.46. The summed E-state index contributed by atoms with van der Waals surface area (Å²) in [5, 5.41) is 0. The first-order chi connectivity index (χ1) is 8.29. The summed E-state index contributed by atoms with van der Waals surface area (Å²) < 4.78 is 62.7. The van der Waals surface area contributed by atoms with Crippen LogP contribution in [0.4, 0.5) is 27.2 Å². The third-order valence-corrected chi connectivity index (χ3v) is 1.39. The number of hydrogen-bond acceptors (Lipinski definition) is 6. The normalized spacial score (nSPS) is 14.2. The van der Waals surface area contributed by atoms with Crippen LogP contribution in [0.5, 0.6) is 0 Å². The average molecular weight is 278 g/mol. The van der Waals surface area contributed by atoms with E-state index < -0.39 is 31.3 Å². The molecule has 0 atom stereocenters. The Balaban J connectivity index is 0.000000397. The molecule has 0 aliphatic carbocycles. The third-order valence-electron chi connectivity index (χ3n) is 1.39. The summed E-state index contributed by atoms with van der Waals surface area (Å²) in [6, 6.07) is 0. The molecule has 0 saturated carbocycles. The van der Waals surface area contributed by atoms with Crippen molar-refractivity contribution in [2.24, 2.45) is 0 Å². The summed E-state index contributed by atoms with van der Waals surface area (Å²) in [7, 11) is 0.878. The second kappa shape index (κ2) is 7.56. The van der Waals surface area contributed by atoms with Crippen LogP contribution in [-0.2, 0) is 18.9 Å². The predicted molar refractivity (Wildman–Crippen MR) is 46.6 cm³/mol. The van der Waals surface area contributed by atoms with Gasteiger partial charge in [0.05, 0.1) is 7.11 Å². The van der Waals surface area contributed by atoms with Crippen LogP contribution in [0.1, 0.15) is 0 Å². The first kappa shape index (κ1) is 16.3. The van der Waals surface area contributed by atoms with Gasteiger partial charge in [0.2, 0.25) is 0 Å². The van der Waals surface area contributed by atoms with Gasteiger partial charge in [-0.15, -0.1) is 0 Å². The molecular formula is C8H10F4O6. The number of alkyl halides is 4. The van der Waals surface area contributed by atoms with E-state index in [2.05, 4.69) is 18.9 Å². The van der Waals surface area contributed by atoms with Crippen LogP contribution in [0.25, 0.3) is 0 Å². The molecule has 0 aromatic heterocycles. The molecule has 18 heavy (non-hydrogen) atoms. The fourth-order valence-corrected chi connectivity index (χ4v) is 0.569. The molecule has 0 N–H and O–H groups in total. The van der Waals surface area contributed by atoms with Crippen LogP contribution < -0.4 is 0 Å². The fraction of sp³-hybridized carbons (Fsp3) is 0.750. The highest BCUT2D eigenvalue weighted by Crippen LogP contribution is 2.22. The lowest BCUT2D eigenvalue weighted by atomic mass is 10.4. The summed E-state index contributed by atoms with van der Waals surface area (Å²) in [5.41, 5.74) is 0. The average Bonchev–Trinajstić information content (AvgIpc) is 2.77. The SMILES string of the molecule is COC(=O)OCC(F)(F)C(F)F.O=C1OCCO1. The molecule has 0 bridgehead atoms. The second-order valence-electron chi connectivity index (χ2n) is 2.75. The number of hydrogen-bond donors (Lipinski definition) is 0. The molecule has 0 spiro atoms. The second-order valence-corrected chi connectivity index (χ2v) is 2.75. The molecule has 0 radical (unpaired) electrons. The van der Waals surface area contributed by atoms with Gasteiger partial charge < -0.3 is 18.9 Å². The molecule has 0 aromatic carbocycles. The van der Waals surface area contributed by atoms with E-state index >= 15 is 0 Å². The van der Waals surface area contributed by atoms with E-state index in [-0.39, 0.29) is 0 Å². The zero-order chi connectivity index (χ0) is 14.2. The topological polar surface area (TPSA) is 71.1 Å². The Labute approximate surface area is 98.7 Å². The van der Waals surface area contributed by atoms with Crippen LogP contribution in [0.3, 0.4) is 0 Å². The number of carbonyl (C=O) groups is 2. The van der Waals surface area contributed by atoms with Gasteiger partial charge in [0.25, 0.3) is 0 Å². The molecule has 0 amide bonds. The standard InChI is InChI=1S/C5H6F4O3.C3H4O3/c1-11-4(10)12-2-5(8,9)3(6)7;4-3-5-1-2-6-3/h3H,2H2,1H3;1-2H2. The molecule has 1 aliphatic rings. The molecule has 106 valence electrons. The smallest absolute Gasteiger partial charge is 0.438 e. The van der Waals surface area contributed by atoms with Gasteiger partial charge in [-0.05, 0) is 0 Å². The van der Waals surface area contributed by atoms with Crippen molar-refractivity contribution in [1.29, 1.82) is 0 Å². The highest BCUT2D eigenvalue weighted by Gasteiger charge is 2.42. The fourth-order valence-electron chi connectivity index (χ4n) is 0.569. The Hall–Kier alpha value is -1.74. The minimum Gasteiger partial charge on any atom is -0.438 e. The Kier molecular flexibility index (Phi) is 6.83. The number of methoxy groups -OCH3 is 1. The molecule has 0 unspecified atom stereocenters. The Morgan fingerprint density at radius 1 is 1.39 bits per heavy atom. The number of halogens is 4. The number of rotatable bonds is 3. The number of cyclic esters (lactones) is 2. The maximum absolute atomic E-state index is 12.0. The minimum atomic E-state index is -4.33. The molecule has 6 nitrogen and oxygen atoms in total. The summed E-state index contributed by atoms with van der Waals surface area (Å²) in [6.07, 6.45) is -5.83. The van der Waals surface area contributed by atoms with Crippen LogP contribution >= 0.6 is 0 Å². The van der Waals surface area contributed by atoms with Crippen LogP contribution in [0, 0.1) is 0 Å². The Morgan fingerprint density at radius 2 is 1.89 bits per heavy atom. The van der Waals surface area contributed by atoms with Crippen LogP contribution in [-0.4, -0.2) is 51.6 Å². The van der Waals surface area contributed by atoms with E-state index in [0.717, 1.165) is 7.11 Å². The first-order valence-electron chi connectivity index (χ1n) is 4.46. The molecule has 1 aliphatic heterocycles. The Bertz CT molecular complexity index is 275. The van der Waals surface area contributed by atoms with E-state index in [1.807, 2.05) is 0 Å². The van der Waals surface area contributed by atoms with Crippen molar-refractivity contribution in [1.82, 2.24) is 0 Å². The van der Waals surface area contributed by atoms with Crippen molar-refractivity contribution < 1.29 is 46.1 Å². The zero-order valence-corrected chi connectivity index (χ0v) is 9.16. The van der Waals surface area contributed by atoms with Gasteiger partial charge in [-0.25, -0.2) is 18.4 Å². The van der Waals surface area contributed by atoms with E-state index in [4.69, 9.17) is 0 Å². The molecule has 1 heterocycles. The Morgan fingerprint density at radius 3 is 2.17 bits per heavy atom. The van der Waals surface area contributed by atoms with E-state index in [1.165, 1.54) is 0 Å². The van der Waals surface area contributed by atoms with Crippen molar-refractivity contribution in [2.75, 3.05) is 26.9 Å². The van der Waals surface area contributed by atoms with Crippen LogP contribution in [0.15, 0.2) is 0 Å². The van der Waals surface area contributed by atoms with Gasteiger partial charge >= 0.3 is 24.7 Å². The molecular weight excluding hydrogens is 268 g/mol.